The molecule has 142 valence electrons. The van der Waals surface area contributed by atoms with Crippen molar-refractivity contribution in [3.05, 3.63) is 54.1 Å². The van der Waals surface area contributed by atoms with E-state index in [1.807, 2.05) is 30.3 Å². The monoisotopic (exact) mass is 381 g/mol. The first-order chi connectivity index (χ1) is 13.4. The van der Waals surface area contributed by atoms with Crippen LogP contribution < -0.4 is 10.1 Å². The van der Waals surface area contributed by atoms with Crippen molar-refractivity contribution in [2.24, 2.45) is 11.8 Å². The molecule has 0 radical (unpaired) electrons. The highest BCUT2D eigenvalue weighted by molar-refractivity contribution is 7.99. The molecule has 0 aromatic heterocycles. The van der Waals surface area contributed by atoms with Crippen molar-refractivity contribution in [3.8, 4) is 11.5 Å². The minimum Gasteiger partial charge on any atom is -0.457 e. The first-order valence-corrected chi connectivity index (χ1v) is 11.4. The van der Waals surface area contributed by atoms with Crippen molar-refractivity contribution in [2.75, 3.05) is 23.4 Å². The van der Waals surface area contributed by atoms with Gasteiger partial charge in [-0.05, 0) is 73.4 Å². The minimum absolute atomic E-state index is 0.203. The van der Waals surface area contributed by atoms with Crippen LogP contribution >= 0.6 is 11.8 Å². The van der Waals surface area contributed by atoms with Gasteiger partial charge in [-0.25, -0.2) is 0 Å². The Morgan fingerprint density at radius 1 is 0.963 bits per heavy atom. The second-order valence-corrected chi connectivity index (χ2v) is 9.11. The maximum Gasteiger partial charge on any atom is 0.127 e. The number of fused-ring (bicyclic) bond motifs is 3. The molecule has 2 aromatic rings. The molecule has 0 bridgehead atoms. The number of rotatable bonds is 3. The van der Waals surface area contributed by atoms with E-state index in [9.17, 15) is 0 Å². The molecule has 0 aliphatic carbocycles. The summed E-state index contributed by atoms with van der Waals surface area (Å²) in [7, 11) is 0. The number of nitrogens with one attached hydrogen (secondary N) is 1. The van der Waals surface area contributed by atoms with Crippen molar-refractivity contribution in [1.82, 2.24) is 0 Å². The summed E-state index contributed by atoms with van der Waals surface area (Å²) in [6, 6.07) is 17.0. The van der Waals surface area contributed by atoms with Crippen LogP contribution in [0.2, 0.25) is 0 Å². The fraction of sp³-hybridized carbons (Fsp3) is 0.478. The van der Waals surface area contributed by atoms with E-state index in [1.165, 1.54) is 48.4 Å². The lowest BCUT2D eigenvalue weighted by molar-refractivity contribution is -0.0444. The zero-order valence-electron chi connectivity index (χ0n) is 15.6. The Hall–Kier alpha value is -1.65. The van der Waals surface area contributed by atoms with Gasteiger partial charge in [0.05, 0.1) is 6.10 Å². The molecule has 1 unspecified atom stereocenters. The van der Waals surface area contributed by atoms with Crippen LogP contribution in [0.5, 0.6) is 11.5 Å². The van der Waals surface area contributed by atoms with Crippen LogP contribution in [0.4, 0.5) is 5.69 Å². The second kappa shape index (κ2) is 7.76. The van der Waals surface area contributed by atoms with E-state index < -0.39 is 0 Å². The second-order valence-electron chi connectivity index (χ2n) is 7.88. The Morgan fingerprint density at radius 2 is 1.81 bits per heavy atom. The standard InChI is InChI=1S/C23H27NO2S/c1-2-5-17(6-3-1)26-18-8-9-21-20(15-18)23-19(7-4-12-25-23)22(24-21)16-10-13-27-14-11-16/h1-3,5-6,8-9,15-16,19,22-24H,4,7,10-14H2/t19-,22?,23-/m0/s1. The molecule has 3 nitrogen and oxygen atoms in total. The SMILES string of the molecule is c1ccc(Oc2ccc3c(c2)[C@H]2OCCC[C@H]2C(C2CCSCC2)N3)cc1. The summed E-state index contributed by atoms with van der Waals surface area (Å²) >= 11 is 2.10. The van der Waals surface area contributed by atoms with E-state index in [1.54, 1.807) is 0 Å². The van der Waals surface area contributed by atoms with Gasteiger partial charge in [0.15, 0.2) is 0 Å². The highest BCUT2D eigenvalue weighted by atomic mass is 32.2. The van der Waals surface area contributed by atoms with Crippen LogP contribution in [0.1, 0.15) is 37.4 Å². The largest absolute Gasteiger partial charge is 0.457 e. The van der Waals surface area contributed by atoms with Gasteiger partial charge in [0.1, 0.15) is 11.5 Å². The lowest BCUT2D eigenvalue weighted by Crippen LogP contribution is -2.46. The number of hydrogen-bond donors (Lipinski definition) is 1. The summed E-state index contributed by atoms with van der Waals surface area (Å²) in [5.74, 6) is 5.72. The lowest BCUT2D eigenvalue weighted by atomic mass is 9.74. The molecule has 0 spiro atoms. The third-order valence-electron chi connectivity index (χ3n) is 6.23. The molecule has 3 heterocycles. The van der Waals surface area contributed by atoms with Crippen molar-refractivity contribution < 1.29 is 9.47 Å². The topological polar surface area (TPSA) is 30.5 Å². The summed E-state index contributed by atoms with van der Waals surface area (Å²) in [5, 5.41) is 3.91. The summed E-state index contributed by atoms with van der Waals surface area (Å²) in [6.07, 6.45) is 5.30. The van der Waals surface area contributed by atoms with Crippen LogP contribution in [-0.2, 0) is 4.74 Å². The van der Waals surface area contributed by atoms with Gasteiger partial charge in [-0.2, -0.15) is 11.8 Å². The van der Waals surface area contributed by atoms with Gasteiger partial charge in [0.25, 0.3) is 0 Å². The Bertz CT molecular complexity index is 775. The Kier molecular flexibility index (Phi) is 5.02. The highest BCUT2D eigenvalue weighted by Crippen LogP contribution is 2.48. The maximum absolute atomic E-state index is 6.33. The van der Waals surface area contributed by atoms with Gasteiger partial charge >= 0.3 is 0 Å². The Morgan fingerprint density at radius 3 is 2.67 bits per heavy atom. The summed E-state index contributed by atoms with van der Waals surface area (Å²) < 4.78 is 12.4. The smallest absolute Gasteiger partial charge is 0.127 e. The van der Waals surface area contributed by atoms with Crippen LogP contribution in [0, 0.1) is 11.8 Å². The molecule has 3 aliphatic heterocycles. The van der Waals surface area contributed by atoms with Crippen LogP contribution in [-0.4, -0.2) is 24.2 Å². The van der Waals surface area contributed by atoms with Crippen molar-refractivity contribution >= 4 is 17.4 Å². The molecule has 5 rings (SSSR count). The summed E-state index contributed by atoms with van der Waals surface area (Å²) in [6.45, 7) is 0.873. The van der Waals surface area contributed by atoms with Gasteiger partial charge in [-0.1, -0.05) is 18.2 Å². The third-order valence-corrected chi connectivity index (χ3v) is 7.28. The molecular weight excluding hydrogens is 354 g/mol. The molecular formula is C23H27NO2S. The fourth-order valence-corrected chi connectivity index (χ4v) is 6.06. The molecule has 2 fully saturated rings. The molecule has 3 atom stereocenters. The number of ether oxygens (including phenoxy) is 2. The predicted molar refractivity (Wildman–Crippen MR) is 112 cm³/mol. The molecule has 2 saturated heterocycles. The average Bonchev–Trinajstić information content (AvgIpc) is 2.75. The third kappa shape index (κ3) is 3.57. The molecule has 1 N–H and O–H groups in total. The molecule has 0 saturated carbocycles. The first-order valence-electron chi connectivity index (χ1n) is 10.2. The van der Waals surface area contributed by atoms with E-state index in [0.29, 0.717) is 12.0 Å². The average molecular weight is 382 g/mol. The van der Waals surface area contributed by atoms with Gasteiger partial charge in [0, 0.05) is 29.8 Å². The fourth-order valence-electron chi connectivity index (χ4n) is 4.92. The quantitative estimate of drug-likeness (QED) is 0.719. The normalized spacial score (nSPS) is 27.9. The zero-order valence-corrected chi connectivity index (χ0v) is 16.4. The van der Waals surface area contributed by atoms with E-state index in [-0.39, 0.29) is 6.10 Å². The van der Waals surface area contributed by atoms with Crippen molar-refractivity contribution in [1.29, 1.82) is 0 Å². The first kappa shape index (κ1) is 17.4. The van der Waals surface area contributed by atoms with E-state index in [4.69, 9.17) is 9.47 Å². The minimum atomic E-state index is 0.203. The van der Waals surface area contributed by atoms with Gasteiger partial charge in [0.2, 0.25) is 0 Å². The van der Waals surface area contributed by atoms with Crippen LogP contribution in [0.3, 0.4) is 0 Å². The highest BCUT2D eigenvalue weighted by Gasteiger charge is 2.42. The summed E-state index contributed by atoms with van der Waals surface area (Å²) in [5.41, 5.74) is 2.51. The zero-order chi connectivity index (χ0) is 18.1. The van der Waals surface area contributed by atoms with Gasteiger partial charge in [-0.3, -0.25) is 0 Å². The van der Waals surface area contributed by atoms with Gasteiger partial charge < -0.3 is 14.8 Å². The molecule has 0 amide bonds. The predicted octanol–water partition coefficient (Wildman–Crippen LogP) is 5.88. The van der Waals surface area contributed by atoms with Crippen LogP contribution in [0.25, 0.3) is 0 Å². The van der Waals surface area contributed by atoms with Crippen molar-refractivity contribution in [2.45, 2.75) is 37.8 Å². The van der Waals surface area contributed by atoms with E-state index in [0.717, 1.165) is 24.0 Å². The lowest BCUT2D eigenvalue weighted by Gasteiger charge is -2.47. The van der Waals surface area contributed by atoms with E-state index >= 15 is 0 Å². The number of hydrogen-bond acceptors (Lipinski definition) is 4. The molecule has 2 aromatic carbocycles. The molecule has 27 heavy (non-hydrogen) atoms. The van der Waals surface area contributed by atoms with Crippen molar-refractivity contribution in [3.63, 3.8) is 0 Å². The maximum atomic E-state index is 6.33. The molecule has 4 heteroatoms. The number of thioether (sulfide) groups is 1. The number of para-hydroxylation sites is 1. The number of anilines is 1. The summed E-state index contributed by atoms with van der Waals surface area (Å²) in [4.78, 5) is 0. The van der Waals surface area contributed by atoms with E-state index in [2.05, 4.69) is 35.3 Å². The Balaban J connectivity index is 1.44. The van der Waals surface area contributed by atoms with Crippen LogP contribution in [0.15, 0.2) is 48.5 Å². The molecule has 3 aliphatic rings. The van der Waals surface area contributed by atoms with Gasteiger partial charge in [-0.15, -0.1) is 0 Å². The number of benzene rings is 2. The Labute approximate surface area is 165 Å².